The third kappa shape index (κ3) is 4.49. The molecule has 5 saturated carbocycles. The van der Waals surface area contributed by atoms with E-state index in [2.05, 4.69) is 53.8 Å². The van der Waals surface area contributed by atoms with E-state index in [1.165, 1.54) is 19.3 Å². The number of ether oxygens (including phenoxy) is 1. The second kappa shape index (κ2) is 10.8. The first kappa shape index (κ1) is 31.8. The molecule has 0 aliphatic heterocycles. The zero-order chi connectivity index (χ0) is 30.9. The van der Waals surface area contributed by atoms with Crippen molar-refractivity contribution in [1.82, 2.24) is 5.32 Å². The molecule has 5 rings (SSSR count). The van der Waals surface area contributed by atoms with E-state index >= 15 is 0 Å². The monoisotopic (exact) mass is 585 g/mol. The number of amides is 1. The van der Waals surface area contributed by atoms with Crippen LogP contribution in [0.2, 0.25) is 0 Å². The van der Waals surface area contributed by atoms with E-state index in [0.29, 0.717) is 41.9 Å². The van der Waals surface area contributed by atoms with Gasteiger partial charge in [-0.25, -0.2) is 0 Å². The first-order valence-electron chi connectivity index (χ1n) is 17.3. The van der Waals surface area contributed by atoms with Crippen LogP contribution in [0.4, 0.5) is 0 Å². The number of hydrogen-bond acceptors (Lipinski definition) is 4. The summed E-state index contributed by atoms with van der Waals surface area (Å²) in [6.45, 7) is 18.9. The van der Waals surface area contributed by atoms with Gasteiger partial charge in [0.25, 0.3) is 0 Å². The largest absolute Gasteiger partial charge is 0.480 e. The van der Waals surface area contributed by atoms with Gasteiger partial charge in [0, 0.05) is 11.8 Å². The number of carbonyl (C=O) groups excluding carboxylic acids is 2. The Kier molecular flexibility index (Phi) is 8.17. The summed E-state index contributed by atoms with van der Waals surface area (Å²) in [6, 6.07) is 0. The molecule has 1 unspecified atom stereocenters. The van der Waals surface area contributed by atoms with E-state index < -0.39 is 11.4 Å². The molecular weight excluding hydrogens is 526 g/mol. The summed E-state index contributed by atoms with van der Waals surface area (Å²) in [5.74, 6) is 1.95. The molecule has 6 heteroatoms. The highest BCUT2D eigenvalue weighted by atomic mass is 16.5. The molecule has 0 bridgehead atoms. The number of carbonyl (C=O) groups is 3. The summed E-state index contributed by atoms with van der Waals surface area (Å²) in [5.41, 5.74) is 0.0710. The van der Waals surface area contributed by atoms with Crippen molar-refractivity contribution in [3.05, 3.63) is 0 Å². The molecule has 1 amide bonds. The fourth-order valence-corrected chi connectivity index (χ4v) is 12.7. The lowest BCUT2D eigenvalue weighted by Gasteiger charge is -2.73. The van der Waals surface area contributed by atoms with Crippen molar-refractivity contribution in [3.8, 4) is 0 Å². The Bertz CT molecular complexity index is 1080. The van der Waals surface area contributed by atoms with Crippen molar-refractivity contribution in [2.45, 2.75) is 139 Å². The third-order valence-electron chi connectivity index (χ3n) is 14.9. The van der Waals surface area contributed by atoms with Crippen molar-refractivity contribution >= 4 is 17.8 Å². The Labute approximate surface area is 254 Å². The minimum absolute atomic E-state index is 0.000684. The van der Waals surface area contributed by atoms with Gasteiger partial charge in [0.15, 0.2) is 0 Å². The van der Waals surface area contributed by atoms with E-state index in [4.69, 9.17) is 4.74 Å². The molecule has 5 aliphatic carbocycles. The van der Waals surface area contributed by atoms with E-state index in [0.717, 1.165) is 51.4 Å². The van der Waals surface area contributed by atoms with Crippen LogP contribution in [-0.4, -0.2) is 35.6 Å². The number of esters is 1. The molecule has 2 N–H and O–H groups in total. The zero-order valence-electron chi connectivity index (χ0n) is 27.8. The Morgan fingerprint density at radius 2 is 1.57 bits per heavy atom. The van der Waals surface area contributed by atoms with Gasteiger partial charge in [-0.3, -0.25) is 14.4 Å². The molecule has 6 nitrogen and oxygen atoms in total. The minimum atomic E-state index is -0.967. The van der Waals surface area contributed by atoms with E-state index in [1.54, 1.807) is 0 Å². The number of rotatable bonds is 7. The van der Waals surface area contributed by atoms with Crippen molar-refractivity contribution in [1.29, 1.82) is 0 Å². The fourth-order valence-electron chi connectivity index (χ4n) is 12.7. The normalized spacial score (nSPS) is 45.6. The second-order valence-electron chi connectivity index (χ2n) is 17.0. The van der Waals surface area contributed by atoms with Crippen LogP contribution in [0, 0.1) is 62.6 Å². The van der Waals surface area contributed by atoms with E-state index in [-0.39, 0.29) is 46.2 Å². The van der Waals surface area contributed by atoms with Crippen LogP contribution in [0.15, 0.2) is 0 Å². The molecule has 0 aromatic rings. The second-order valence-corrected chi connectivity index (χ2v) is 17.0. The van der Waals surface area contributed by atoms with Gasteiger partial charge in [-0.05, 0) is 122 Å². The lowest BCUT2D eigenvalue weighted by molar-refractivity contribution is -0.250. The molecule has 5 aliphatic rings. The summed E-state index contributed by atoms with van der Waals surface area (Å²) in [7, 11) is 0. The molecular formula is C36H59NO5. The molecule has 0 radical (unpaired) electrons. The molecule has 42 heavy (non-hydrogen) atoms. The number of carboxylic acids is 1. The van der Waals surface area contributed by atoms with Gasteiger partial charge in [0.05, 0.1) is 5.41 Å². The maximum Gasteiger partial charge on any atom is 0.322 e. The highest BCUT2D eigenvalue weighted by molar-refractivity contribution is 5.86. The zero-order valence-corrected chi connectivity index (χ0v) is 27.8. The highest BCUT2D eigenvalue weighted by Crippen LogP contribution is 2.77. The maximum atomic E-state index is 13.9. The van der Waals surface area contributed by atoms with Gasteiger partial charge in [0.1, 0.15) is 12.6 Å². The summed E-state index contributed by atoms with van der Waals surface area (Å²) in [5, 5.41) is 12.2. The topological polar surface area (TPSA) is 92.7 Å². The average Bonchev–Trinajstić information content (AvgIpc) is 3.31. The van der Waals surface area contributed by atoms with Crippen molar-refractivity contribution in [3.63, 3.8) is 0 Å². The van der Waals surface area contributed by atoms with Crippen molar-refractivity contribution in [2.24, 2.45) is 62.6 Å². The average molecular weight is 586 g/mol. The summed E-state index contributed by atoms with van der Waals surface area (Å²) >= 11 is 0. The standard InChI is InChI=1S/C36H59NO5/c1-9-10-29(40)42-27-15-16-33(6)25(32(27,4)5)14-17-35(8)26(33)12-11-24-30-23(22(2)3)13-18-36(30,20-19-34(24,35)7)31(41)37-21-28(38)39/h22-27,30H,9-21H2,1-8H3,(H,37,41)(H,38,39)/t23-,24?,25-,26+,27-,30-,33-,34+,35+,36-/m0/s1. The molecule has 5 fully saturated rings. The molecule has 0 heterocycles. The van der Waals surface area contributed by atoms with Gasteiger partial charge in [-0.2, -0.15) is 0 Å². The highest BCUT2D eigenvalue weighted by Gasteiger charge is 2.72. The third-order valence-corrected chi connectivity index (χ3v) is 14.9. The number of fused-ring (bicyclic) bond motifs is 7. The molecule has 0 aromatic heterocycles. The predicted octanol–water partition coefficient (Wildman–Crippen LogP) is 7.64. The van der Waals surface area contributed by atoms with Crippen LogP contribution >= 0.6 is 0 Å². The van der Waals surface area contributed by atoms with E-state index in [9.17, 15) is 19.5 Å². The van der Waals surface area contributed by atoms with Crippen LogP contribution in [0.1, 0.15) is 132 Å². The number of carboxylic acid groups (broad SMARTS) is 1. The first-order valence-corrected chi connectivity index (χ1v) is 17.3. The Morgan fingerprint density at radius 1 is 0.857 bits per heavy atom. The lowest BCUT2D eigenvalue weighted by atomic mass is 9.32. The van der Waals surface area contributed by atoms with Gasteiger partial charge >= 0.3 is 11.9 Å². The number of aliphatic carboxylic acids is 1. The Hall–Kier alpha value is -1.59. The molecule has 0 saturated heterocycles. The van der Waals surface area contributed by atoms with Crippen LogP contribution in [0.5, 0.6) is 0 Å². The summed E-state index contributed by atoms with van der Waals surface area (Å²) in [6.07, 6.45) is 12.0. The quantitative estimate of drug-likeness (QED) is 0.300. The van der Waals surface area contributed by atoms with Gasteiger partial charge in [0.2, 0.25) is 5.91 Å². The summed E-state index contributed by atoms with van der Waals surface area (Å²) in [4.78, 5) is 37.8. The van der Waals surface area contributed by atoms with Crippen LogP contribution in [0.3, 0.4) is 0 Å². The number of hydrogen-bond donors (Lipinski definition) is 2. The van der Waals surface area contributed by atoms with Crippen LogP contribution in [-0.2, 0) is 19.1 Å². The molecule has 0 aromatic carbocycles. The maximum absolute atomic E-state index is 13.9. The van der Waals surface area contributed by atoms with Gasteiger partial charge in [-0.15, -0.1) is 0 Å². The van der Waals surface area contributed by atoms with Gasteiger partial charge in [-0.1, -0.05) is 55.4 Å². The van der Waals surface area contributed by atoms with Crippen molar-refractivity contribution < 1.29 is 24.2 Å². The fraction of sp³-hybridized carbons (Fsp3) is 0.917. The molecule has 0 spiro atoms. The van der Waals surface area contributed by atoms with E-state index in [1.807, 2.05) is 6.92 Å². The molecule has 238 valence electrons. The van der Waals surface area contributed by atoms with Crippen LogP contribution in [0.25, 0.3) is 0 Å². The summed E-state index contributed by atoms with van der Waals surface area (Å²) < 4.78 is 6.14. The lowest BCUT2D eigenvalue weighted by Crippen LogP contribution is -2.67. The number of nitrogens with one attached hydrogen (secondary N) is 1. The Balaban J connectivity index is 1.46. The smallest absolute Gasteiger partial charge is 0.322 e. The van der Waals surface area contributed by atoms with Gasteiger partial charge < -0.3 is 15.2 Å². The van der Waals surface area contributed by atoms with Crippen LogP contribution < -0.4 is 5.32 Å². The first-order chi connectivity index (χ1) is 19.6. The minimum Gasteiger partial charge on any atom is -0.480 e. The predicted molar refractivity (Wildman–Crippen MR) is 164 cm³/mol. The SMILES string of the molecule is CCCC(=O)O[C@H]1CC[C@]2(C)[C@H]3CCC4[C@@H]5[C@H](C(C)C)CC[C@]5(C(=O)NCC(=O)O)CC[C@@]4(C)[C@]3(C)CC[C@H]2C1(C)C. The van der Waals surface area contributed by atoms with Crippen molar-refractivity contribution in [2.75, 3.05) is 6.54 Å². The Morgan fingerprint density at radius 3 is 2.21 bits per heavy atom. The molecule has 10 atom stereocenters.